The lowest BCUT2D eigenvalue weighted by Crippen LogP contribution is -2.30. The van der Waals surface area contributed by atoms with E-state index in [1.807, 2.05) is 19.1 Å². The van der Waals surface area contributed by atoms with Gasteiger partial charge >= 0.3 is 0 Å². The number of rotatable bonds is 6. The topological polar surface area (TPSA) is 144 Å². The standard InChI is InChI=1S/C27H26FN7O3/c1-13-10-16(4-8-20(13)28)12-30-25(36)22-11-23(34-27(29)33-22)26(37)32-21-9-7-17-14(2)18(5-6-19(17)21)24-31-15(3)38-35-24/h4-6,8,10-11,21H,3,7,9,12H2,1-2H3,(H,30,36)(H,31,35)(H,32,37)(H2,29,33,34)/t21-/m0/s1. The zero-order valence-electron chi connectivity index (χ0n) is 20.9. The number of hydrogen-bond donors (Lipinski definition) is 4. The number of carbonyl (C=O) groups excluding carboxylic acids is 2. The molecule has 0 fully saturated rings. The van der Waals surface area contributed by atoms with Crippen molar-refractivity contribution in [3.8, 4) is 0 Å². The highest BCUT2D eigenvalue weighted by molar-refractivity contribution is 6.01. The van der Waals surface area contributed by atoms with Gasteiger partial charge in [-0.2, -0.15) is 4.99 Å². The first-order chi connectivity index (χ1) is 18.2. The zero-order chi connectivity index (χ0) is 27.0. The first-order valence-corrected chi connectivity index (χ1v) is 12.0. The summed E-state index contributed by atoms with van der Waals surface area (Å²) in [7, 11) is 0. The van der Waals surface area contributed by atoms with Crippen molar-refractivity contribution in [2.75, 3.05) is 5.73 Å². The van der Waals surface area contributed by atoms with E-state index in [9.17, 15) is 14.0 Å². The van der Waals surface area contributed by atoms with E-state index in [0.29, 0.717) is 23.7 Å². The van der Waals surface area contributed by atoms with Crippen LogP contribution in [0.25, 0.3) is 0 Å². The second-order valence-corrected chi connectivity index (χ2v) is 9.19. The molecular formula is C27H26FN7O3. The van der Waals surface area contributed by atoms with E-state index in [1.54, 1.807) is 19.1 Å². The molecule has 10 nitrogen and oxygen atoms in total. The number of aliphatic imine (C=N–C) groups is 1. The van der Waals surface area contributed by atoms with Gasteiger partial charge in [-0.25, -0.2) is 19.8 Å². The lowest BCUT2D eigenvalue weighted by Gasteiger charge is -2.16. The number of anilines is 1. The highest BCUT2D eigenvalue weighted by atomic mass is 19.1. The maximum absolute atomic E-state index is 13.5. The molecule has 11 heteroatoms. The van der Waals surface area contributed by atoms with E-state index >= 15 is 0 Å². The number of nitrogens with zero attached hydrogens (tertiary/aromatic N) is 3. The van der Waals surface area contributed by atoms with Crippen LogP contribution in [0, 0.1) is 19.7 Å². The molecule has 1 aliphatic carbocycles. The number of nitrogen functional groups attached to an aromatic ring is 1. The summed E-state index contributed by atoms with van der Waals surface area (Å²) in [4.78, 5) is 43.2. The van der Waals surface area contributed by atoms with Crippen LogP contribution >= 0.6 is 0 Å². The minimum atomic E-state index is -0.528. The lowest BCUT2D eigenvalue weighted by atomic mass is 9.97. The number of amidine groups is 1. The maximum Gasteiger partial charge on any atom is 0.270 e. The SMILES string of the molecule is C=C1N=C(c2ccc3c(c2C)CC[C@@H]3NC(=O)c2cc(C(=O)NCc3ccc(F)c(C)c3)nc(N)n2)NO1. The molecule has 0 saturated heterocycles. The Labute approximate surface area is 218 Å². The van der Waals surface area contributed by atoms with E-state index in [-0.39, 0.29) is 35.7 Å². The summed E-state index contributed by atoms with van der Waals surface area (Å²) in [5.41, 5.74) is 13.8. The molecule has 0 saturated carbocycles. The summed E-state index contributed by atoms with van der Waals surface area (Å²) < 4.78 is 13.5. The van der Waals surface area contributed by atoms with Crippen LogP contribution in [0.5, 0.6) is 0 Å². The maximum atomic E-state index is 13.5. The number of hydroxylamine groups is 1. The smallest absolute Gasteiger partial charge is 0.270 e. The number of amides is 2. The molecule has 194 valence electrons. The quantitative estimate of drug-likeness (QED) is 0.395. The van der Waals surface area contributed by atoms with E-state index in [4.69, 9.17) is 10.6 Å². The van der Waals surface area contributed by atoms with Crippen LogP contribution in [0.2, 0.25) is 0 Å². The Bertz CT molecular complexity index is 1520. The summed E-state index contributed by atoms with van der Waals surface area (Å²) in [5, 5.41) is 5.71. The zero-order valence-corrected chi connectivity index (χ0v) is 20.9. The molecule has 1 aromatic heterocycles. The monoisotopic (exact) mass is 515 g/mol. The largest absolute Gasteiger partial charge is 0.368 e. The van der Waals surface area contributed by atoms with E-state index in [1.165, 1.54) is 12.1 Å². The number of fused-ring (bicyclic) bond motifs is 1. The third-order valence-electron chi connectivity index (χ3n) is 6.64. The second-order valence-electron chi connectivity index (χ2n) is 9.19. The normalized spacial score (nSPS) is 15.8. The van der Waals surface area contributed by atoms with Gasteiger partial charge in [0.25, 0.3) is 11.8 Å². The fraction of sp³-hybridized carbons (Fsp3) is 0.222. The van der Waals surface area contributed by atoms with E-state index in [2.05, 4.69) is 37.7 Å². The number of aromatic nitrogens is 2. The van der Waals surface area contributed by atoms with Gasteiger partial charge in [-0.15, -0.1) is 0 Å². The van der Waals surface area contributed by atoms with Crippen LogP contribution in [0.3, 0.4) is 0 Å². The van der Waals surface area contributed by atoms with Crippen molar-refractivity contribution < 1.29 is 18.8 Å². The molecule has 2 heterocycles. The average molecular weight is 516 g/mol. The highest BCUT2D eigenvalue weighted by Gasteiger charge is 2.29. The number of benzene rings is 2. The van der Waals surface area contributed by atoms with Gasteiger partial charge in [-0.05, 0) is 67.2 Å². The Morgan fingerprint density at radius 3 is 2.63 bits per heavy atom. The van der Waals surface area contributed by atoms with Gasteiger partial charge < -0.3 is 21.2 Å². The Morgan fingerprint density at radius 2 is 1.92 bits per heavy atom. The van der Waals surface area contributed by atoms with Gasteiger partial charge in [0.05, 0.1) is 6.04 Å². The summed E-state index contributed by atoms with van der Waals surface area (Å²) in [6.07, 6.45) is 1.48. The molecule has 0 radical (unpaired) electrons. The molecule has 2 aromatic carbocycles. The van der Waals surface area contributed by atoms with Crippen LogP contribution in [-0.4, -0.2) is 27.6 Å². The van der Waals surface area contributed by atoms with E-state index < -0.39 is 11.8 Å². The number of carbonyl (C=O) groups is 2. The molecule has 1 aliphatic heterocycles. The van der Waals surface area contributed by atoms with Crippen LogP contribution < -0.4 is 21.8 Å². The average Bonchev–Trinajstić information content (AvgIpc) is 3.51. The van der Waals surface area contributed by atoms with Crippen LogP contribution in [-0.2, 0) is 17.8 Å². The molecule has 5 N–H and O–H groups in total. The van der Waals surface area contributed by atoms with Crippen molar-refractivity contribution in [3.05, 3.63) is 99.4 Å². The van der Waals surface area contributed by atoms with Crippen LogP contribution in [0.15, 0.2) is 53.9 Å². The lowest BCUT2D eigenvalue weighted by molar-refractivity contribution is 0.0931. The van der Waals surface area contributed by atoms with Gasteiger partial charge in [0.2, 0.25) is 11.8 Å². The Morgan fingerprint density at radius 1 is 1.16 bits per heavy atom. The van der Waals surface area contributed by atoms with E-state index in [0.717, 1.165) is 34.2 Å². The molecule has 2 aliphatic rings. The minimum absolute atomic E-state index is 0.0118. The van der Waals surface area contributed by atoms with Crippen molar-refractivity contribution in [2.24, 2.45) is 4.99 Å². The van der Waals surface area contributed by atoms with Crippen molar-refractivity contribution in [1.29, 1.82) is 0 Å². The summed E-state index contributed by atoms with van der Waals surface area (Å²) in [5.74, 6) is -0.609. The summed E-state index contributed by atoms with van der Waals surface area (Å²) in [6, 6.07) is 9.54. The molecule has 3 aromatic rings. The number of halogens is 1. The van der Waals surface area contributed by atoms with Gasteiger partial charge in [0.1, 0.15) is 17.2 Å². The number of nitrogens with two attached hydrogens (primary N) is 1. The van der Waals surface area contributed by atoms with Gasteiger partial charge in [-0.3, -0.25) is 9.59 Å². The number of aryl methyl sites for hydroxylation is 1. The first-order valence-electron chi connectivity index (χ1n) is 12.0. The third-order valence-corrected chi connectivity index (χ3v) is 6.64. The Balaban J connectivity index is 1.29. The molecule has 38 heavy (non-hydrogen) atoms. The van der Waals surface area contributed by atoms with Crippen molar-refractivity contribution >= 4 is 23.6 Å². The van der Waals surface area contributed by atoms with Crippen LogP contribution in [0.1, 0.15) is 66.8 Å². The van der Waals surface area contributed by atoms with Crippen molar-refractivity contribution in [2.45, 2.75) is 39.3 Å². The minimum Gasteiger partial charge on any atom is -0.368 e. The van der Waals surface area contributed by atoms with Crippen LogP contribution in [0.4, 0.5) is 10.3 Å². The summed E-state index contributed by atoms with van der Waals surface area (Å²) >= 11 is 0. The fourth-order valence-corrected chi connectivity index (χ4v) is 4.70. The molecule has 1 atom stereocenters. The molecule has 2 amide bonds. The third kappa shape index (κ3) is 4.90. The van der Waals surface area contributed by atoms with Crippen molar-refractivity contribution in [1.82, 2.24) is 26.1 Å². The molecule has 0 unspecified atom stereocenters. The first kappa shape index (κ1) is 24.9. The molecular weight excluding hydrogens is 489 g/mol. The van der Waals surface area contributed by atoms with Gasteiger partial charge in [0.15, 0.2) is 5.84 Å². The predicted octanol–water partition coefficient (Wildman–Crippen LogP) is 2.91. The molecule has 0 spiro atoms. The predicted molar refractivity (Wildman–Crippen MR) is 138 cm³/mol. The molecule has 5 rings (SSSR count). The molecule has 0 bridgehead atoms. The summed E-state index contributed by atoms with van der Waals surface area (Å²) in [6.45, 7) is 7.50. The second kappa shape index (κ2) is 9.92. The van der Waals surface area contributed by atoms with Gasteiger partial charge in [0, 0.05) is 18.2 Å². The fourth-order valence-electron chi connectivity index (χ4n) is 4.70. The Kier molecular flexibility index (Phi) is 6.50. The van der Waals surface area contributed by atoms with Gasteiger partial charge in [-0.1, -0.05) is 24.3 Å². The Hall–Kier alpha value is -4.80. The highest BCUT2D eigenvalue weighted by Crippen LogP contribution is 2.35. The number of nitrogens with one attached hydrogen (secondary N) is 3. The van der Waals surface area contributed by atoms with Crippen molar-refractivity contribution in [3.63, 3.8) is 0 Å². The number of hydrogen-bond acceptors (Lipinski definition) is 8.